The number of nitrogens with zero attached hydrogens (tertiary/aromatic N) is 2. The number of ether oxygens (including phenoxy) is 1. The number of hydrogen-bond donors (Lipinski definition) is 0. The highest BCUT2D eigenvalue weighted by molar-refractivity contribution is 6.63. The van der Waals surface area contributed by atoms with Gasteiger partial charge in [0.1, 0.15) is 29.2 Å². The van der Waals surface area contributed by atoms with Crippen molar-refractivity contribution in [1.29, 1.82) is 0 Å². The molecule has 0 spiro atoms. The Morgan fingerprint density at radius 3 is 2.50 bits per heavy atom. The molecule has 1 aromatic carbocycles. The van der Waals surface area contributed by atoms with Crippen molar-refractivity contribution >= 4 is 23.6 Å². The highest BCUT2D eigenvalue weighted by atomic mass is 19.1. The largest absolute Gasteiger partial charge is 0.498 e. The Balaban J connectivity index is 1.93. The van der Waals surface area contributed by atoms with Gasteiger partial charge in [-0.2, -0.15) is 0 Å². The molecule has 1 aromatic heterocycles. The fourth-order valence-corrected chi connectivity index (χ4v) is 3.45. The number of aryl methyl sites for hydroxylation is 1. The molecule has 0 radical (unpaired) electrons. The summed E-state index contributed by atoms with van der Waals surface area (Å²) in [5.41, 5.74) is 0.638. The smallest absolute Gasteiger partial charge is 0.490 e. The second kappa shape index (κ2) is 4.73. The zero-order chi connectivity index (χ0) is 17.4. The Morgan fingerprint density at radius 2 is 1.88 bits per heavy atom. The van der Waals surface area contributed by atoms with Gasteiger partial charge in [0.2, 0.25) is 0 Å². The van der Waals surface area contributed by atoms with Gasteiger partial charge in [0.25, 0.3) is 0 Å². The van der Waals surface area contributed by atoms with E-state index in [-0.39, 0.29) is 11.9 Å². The summed E-state index contributed by atoms with van der Waals surface area (Å²) in [5, 5.41) is 0. The molecule has 24 heavy (non-hydrogen) atoms. The molecule has 2 aliphatic heterocycles. The lowest BCUT2D eigenvalue weighted by molar-refractivity contribution is 0.00578. The summed E-state index contributed by atoms with van der Waals surface area (Å²) in [7, 11) is -0.666. The second-order valence-corrected chi connectivity index (χ2v) is 7.75. The van der Waals surface area contributed by atoms with Crippen molar-refractivity contribution in [3.63, 3.8) is 0 Å². The Morgan fingerprint density at radius 1 is 1.25 bits per heavy atom. The van der Waals surface area contributed by atoms with Gasteiger partial charge in [-0.15, -0.1) is 0 Å². The standard InChI is InChI=1S/C17H22BFN2O3/c1-9-8-22-15-11(18-23-16(3,4)17(5,6)24-18)7-12(19)13-14(15)21(9)10(2)20-13/h7,9H,8H2,1-6H3/t9-/m0/s1. The Hall–Kier alpha value is -1.60. The Labute approximate surface area is 141 Å². The molecule has 0 N–H and O–H groups in total. The van der Waals surface area contributed by atoms with Crippen molar-refractivity contribution < 1.29 is 18.4 Å². The molecule has 5 nitrogen and oxygen atoms in total. The zero-order valence-electron chi connectivity index (χ0n) is 14.9. The third kappa shape index (κ3) is 1.97. The van der Waals surface area contributed by atoms with Crippen LogP contribution in [0.1, 0.15) is 46.5 Å². The third-order valence-electron chi connectivity index (χ3n) is 5.49. The minimum atomic E-state index is -0.666. The molecule has 0 bridgehead atoms. The van der Waals surface area contributed by atoms with Gasteiger partial charge < -0.3 is 18.6 Å². The predicted molar refractivity (Wildman–Crippen MR) is 90.4 cm³/mol. The first-order valence-corrected chi connectivity index (χ1v) is 8.32. The number of halogens is 1. The molecule has 1 atom stereocenters. The van der Waals surface area contributed by atoms with Crippen LogP contribution in [0.15, 0.2) is 6.07 Å². The van der Waals surface area contributed by atoms with Crippen LogP contribution >= 0.6 is 0 Å². The number of benzene rings is 1. The van der Waals surface area contributed by atoms with Gasteiger partial charge in [-0.25, -0.2) is 9.37 Å². The molecule has 0 saturated carbocycles. The van der Waals surface area contributed by atoms with Gasteiger partial charge in [-0.1, -0.05) is 0 Å². The molecular formula is C17H22BFN2O3. The van der Waals surface area contributed by atoms with Crippen molar-refractivity contribution in [3.8, 4) is 5.75 Å². The third-order valence-corrected chi connectivity index (χ3v) is 5.49. The van der Waals surface area contributed by atoms with Gasteiger partial charge in [0.05, 0.1) is 17.2 Å². The van der Waals surface area contributed by atoms with Crippen molar-refractivity contribution in [2.24, 2.45) is 0 Å². The van der Waals surface area contributed by atoms with Crippen LogP contribution in [0.4, 0.5) is 4.39 Å². The first-order valence-electron chi connectivity index (χ1n) is 8.32. The maximum atomic E-state index is 14.7. The van der Waals surface area contributed by atoms with Gasteiger partial charge in [-0.3, -0.25) is 0 Å². The summed E-state index contributed by atoms with van der Waals surface area (Å²) in [6, 6.07) is 1.54. The number of rotatable bonds is 1. The highest BCUT2D eigenvalue weighted by Crippen LogP contribution is 2.40. The van der Waals surface area contributed by atoms with E-state index >= 15 is 0 Å². The lowest BCUT2D eigenvalue weighted by Crippen LogP contribution is -2.41. The van der Waals surface area contributed by atoms with E-state index in [1.807, 2.05) is 46.1 Å². The van der Waals surface area contributed by atoms with Crippen molar-refractivity contribution in [1.82, 2.24) is 9.55 Å². The van der Waals surface area contributed by atoms with Crippen LogP contribution in [0, 0.1) is 12.7 Å². The van der Waals surface area contributed by atoms with E-state index in [9.17, 15) is 4.39 Å². The van der Waals surface area contributed by atoms with E-state index in [4.69, 9.17) is 14.0 Å². The van der Waals surface area contributed by atoms with Gasteiger partial charge in [0.15, 0.2) is 5.82 Å². The monoisotopic (exact) mass is 332 g/mol. The van der Waals surface area contributed by atoms with Crippen LogP contribution in [-0.2, 0) is 9.31 Å². The zero-order valence-corrected chi connectivity index (χ0v) is 14.9. The Bertz CT molecular complexity index is 830. The average molecular weight is 332 g/mol. The van der Waals surface area contributed by atoms with Crippen LogP contribution in [0.2, 0.25) is 0 Å². The van der Waals surface area contributed by atoms with E-state index in [1.54, 1.807) is 0 Å². The van der Waals surface area contributed by atoms with Gasteiger partial charge in [-0.05, 0) is 47.6 Å². The first kappa shape index (κ1) is 15.9. The number of imidazole rings is 1. The number of aromatic nitrogens is 2. The van der Waals surface area contributed by atoms with E-state index < -0.39 is 18.3 Å². The highest BCUT2D eigenvalue weighted by Gasteiger charge is 2.53. The molecule has 2 aromatic rings. The fourth-order valence-electron chi connectivity index (χ4n) is 3.45. The molecule has 0 unspecified atom stereocenters. The van der Waals surface area contributed by atoms with Crippen LogP contribution < -0.4 is 10.2 Å². The molecule has 0 amide bonds. The van der Waals surface area contributed by atoms with E-state index in [2.05, 4.69) is 4.98 Å². The summed E-state index contributed by atoms with van der Waals surface area (Å²) >= 11 is 0. The molecule has 4 rings (SSSR count). The minimum absolute atomic E-state index is 0.107. The quantitative estimate of drug-likeness (QED) is 0.754. The molecule has 7 heteroatoms. The second-order valence-electron chi connectivity index (χ2n) is 7.75. The SMILES string of the molecule is Cc1nc2c(F)cc(B3OC(C)(C)C(C)(C)O3)c3c2n1[C@@H](C)CO3. The Kier molecular flexibility index (Phi) is 3.13. The maximum absolute atomic E-state index is 14.7. The maximum Gasteiger partial charge on any atom is 0.498 e. The lowest BCUT2D eigenvalue weighted by Gasteiger charge is -2.32. The summed E-state index contributed by atoms with van der Waals surface area (Å²) in [4.78, 5) is 4.39. The molecule has 1 fully saturated rings. The molecular weight excluding hydrogens is 310 g/mol. The molecule has 0 aliphatic carbocycles. The average Bonchev–Trinajstić information content (AvgIpc) is 2.92. The fraction of sp³-hybridized carbons (Fsp3) is 0.588. The number of hydrogen-bond acceptors (Lipinski definition) is 4. The summed E-state index contributed by atoms with van der Waals surface area (Å²) in [6.07, 6.45) is 0. The van der Waals surface area contributed by atoms with E-state index in [1.165, 1.54) is 6.07 Å². The molecule has 3 heterocycles. The predicted octanol–water partition coefficient (Wildman–Crippen LogP) is 2.74. The van der Waals surface area contributed by atoms with Crippen molar-refractivity contribution in [3.05, 3.63) is 17.7 Å². The summed E-state index contributed by atoms with van der Waals surface area (Å²) < 4.78 is 34.9. The normalized spacial score (nSPS) is 24.5. The molecule has 128 valence electrons. The molecule has 2 aliphatic rings. The van der Waals surface area contributed by atoms with Crippen molar-refractivity contribution in [2.45, 2.75) is 58.8 Å². The minimum Gasteiger partial charge on any atom is -0.490 e. The van der Waals surface area contributed by atoms with Gasteiger partial charge >= 0.3 is 7.12 Å². The topological polar surface area (TPSA) is 45.5 Å². The summed E-state index contributed by atoms with van der Waals surface area (Å²) in [5.74, 6) is 1.02. The van der Waals surface area contributed by atoms with Crippen LogP contribution in [0.25, 0.3) is 11.0 Å². The van der Waals surface area contributed by atoms with Crippen molar-refractivity contribution in [2.75, 3.05) is 6.61 Å². The van der Waals surface area contributed by atoms with Gasteiger partial charge in [0, 0.05) is 5.46 Å². The molecule has 1 saturated heterocycles. The van der Waals surface area contributed by atoms with Crippen LogP contribution in [-0.4, -0.2) is 34.5 Å². The lowest BCUT2D eigenvalue weighted by atomic mass is 9.77. The first-order chi connectivity index (χ1) is 11.1. The van der Waals surface area contributed by atoms with E-state index in [0.717, 1.165) is 5.82 Å². The summed E-state index contributed by atoms with van der Waals surface area (Å²) in [6.45, 7) is 12.3. The van der Waals surface area contributed by atoms with Crippen LogP contribution in [0.3, 0.4) is 0 Å². The van der Waals surface area contributed by atoms with E-state index in [0.29, 0.717) is 28.9 Å². The van der Waals surface area contributed by atoms with Crippen LogP contribution in [0.5, 0.6) is 5.75 Å².